The van der Waals surface area contributed by atoms with E-state index in [2.05, 4.69) is 0 Å². The Morgan fingerprint density at radius 3 is 2.73 bits per heavy atom. The molecule has 82 valence electrons. The number of ether oxygens (including phenoxy) is 1. The van der Waals surface area contributed by atoms with Crippen molar-refractivity contribution in [2.75, 3.05) is 13.7 Å². The largest absolute Gasteiger partial charge is 0.401 e. The lowest BCUT2D eigenvalue weighted by Crippen LogP contribution is -2.17. The number of methoxy groups -OCH3 is 1. The zero-order valence-electron chi connectivity index (χ0n) is 9.41. The number of carbonyl (C=O) groups is 1. The van der Waals surface area contributed by atoms with Gasteiger partial charge in [0, 0.05) is 23.8 Å². The molecule has 0 fully saturated rings. The van der Waals surface area contributed by atoms with Crippen LogP contribution in [0, 0.1) is 5.41 Å². The second-order valence-electron chi connectivity index (χ2n) is 4.16. The average Bonchev–Trinajstić information content (AvgIpc) is 2.28. The number of nitrogens with two attached hydrogens (primary N) is 1. The molecule has 1 aliphatic rings. The molecule has 0 amide bonds. The monoisotopic (exact) mass is 207 g/mol. The Morgan fingerprint density at radius 1 is 1.47 bits per heavy atom. The van der Waals surface area contributed by atoms with Crippen LogP contribution in [0.2, 0.25) is 0 Å². The molecular formula is C12H17NO2. The van der Waals surface area contributed by atoms with Crippen molar-refractivity contribution < 1.29 is 9.53 Å². The maximum absolute atomic E-state index is 11.6. The van der Waals surface area contributed by atoms with E-state index in [0.717, 1.165) is 5.70 Å². The van der Waals surface area contributed by atoms with Crippen LogP contribution in [0.15, 0.2) is 35.6 Å². The van der Waals surface area contributed by atoms with E-state index >= 15 is 0 Å². The van der Waals surface area contributed by atoms with E-state index in [0.29, 0.717) is 5.57 Å². The van der Waals surface area contributed by atoms with Crippen molar-refractivity contribution in [3.63, 3.8) is 0 Å². The predicted octanol–water partition coefficient (Wildman–Crippen LogP) is 1.57. The Labute approximate surface area is 90.3 Å². The molecule has 0 heterocycles. The fourth-order valence-electron chi connectivity index (χ4n) is 1.24. The van der Waals surface area contributed by atoms with Crippen molar-refractivity contribution in [2.45, 2.75) is 13.8 Å². The lowest BCUT2D eigenvalue weighted by Gasteiger charge is -2.19. The van der Waals surface area contributed by atoms with E-state index in [1.54, 1.807) is 18.2 Å². The summed E-state index contributed by atoms with van der Waals surface area (Å²) in [6.07, 6.45) is 7.26. The summed E-state index contributed by atoms with van der Waals surface area (Å²) in [4.78, 5) is 11.6. The first-order valence-corrected chi connectivity index (χ1v) is 4.86. The van der Waals surface area contributed by atoms with Crippen LogP contribution in [0.5, 0.6) is 0 Å². The normalized spacial score (nSPS) is 19.1. The number of carbonyl (C=O) groups excluding carboxylic acids is 1. The molecule has 0 saturated heterocycles. The summed E-state index contributed by atoms with van der Waals surface area (Å²) in [6, 6.07) is 0. The molecule has 0 aromatic rings. The van der Waals surface area contributed by atoms with Gasteiger partial charge in [-0.25, -0.2) is 0 Å². The number of allylic oxidation sites excluding steroid dienone is 4. The highest BCUT2D eigenvalue weighted by molar-refractivity contribution is 5.99. The van der Waals surface area contributed by atoms with Crippen LogP contribution in [-0.4, -0.2) is 19.5 Å². The molecule has 3 heteroatoms. The van der Waals surface area contributed by atoms with Gasteiger partial charge in [-0.2, -0.15) is 0 Å². The van der Waals surface area contributed by atoms with Gasteiger partial charge in [-0.3, -0.25) is 4.79 Å². The Kier molecular flexibility index (Phi) is 3.48. The minimum absolute atomic E-state index is 0.0319. The molecule has 0 aromatic carbocycles. The van der Waals surface area contributed by atoms with E-state index in [4.69, 9.17) is 10.5 Å². The van der Waals surface area contributed by atoms with E-state index in [-0.39, 0.29) is 17.8 Å². The Balaban J connectivity index is 2.93. The van der Waals surface area contributed by atoms with Gasteiger partial charge >= 0.3 is 0 Å². The summed E-state index contributed by atoms with van der Waals surface area (Å²) in [5, 5.41) is 0. The topological polar surface area (TPSA) is 52.3 Å². The summed E-state index contributed by atoms with van der Waals surface area (Å²) in [5.41, 5.74) is 7.05. The maximum Gasteiger partial charge on any atom is 0.188 e. The molecule has 1 aliphatic carbocycles. The third-order valence-corrected chi connectivity index (χ3v) is 2.46. The number of ketones is 1. The first-order valence-electron chi connectivity index (χ1n) is 4.86. The van der Waals surface area contributed by atoms with Gasteiger partial charge in [0.2, 0.25) is 0 Å². The first-order chi connectivity index (χ1) is 6.97. The molecule has 0 saturated carbocycles. The molecule has 0 aliphatic heterocycles. The van der Waals surface area contributed by atoms with Crippen LogP contribution in [-0.2, 0) is 9.53 Å². The van der Waals surface area contributed by atoms with Crippen molar-refractivity contribution in [1.29, 1.82) is 0 Å². The van der Waals surface area contributed by atoms with Gasteiger partial charge in [-0.1, -0.05) is 26.0 Å². The smallest absolute Gasteiger partial charge is 0.188 e. The van der Waals surface area contributed by atoms with Crippen LogP contribution in [0.1, 0.15) is 13.8 Å². The second kappa shape index (κ2) is 4.45. The van der Waals surface area contributed by atoms with Crippen LogP contribution in [0.25, 0.3) is 0 Å². The summed E-state index contributed by atoms with van der Waals surface area (Å²) in [5.74, 6) is -0.0319. The molecule has 0 atom stereocenters. The second-order valence-corrected chi connectivity index (χ2v) is 4.16. The molecule has 3 nitrogen and oxygen atoms in total. The highest BCUT2D eigenvalue weighted by Crippen LogP contribution is 2.27. The summed E-state index contributed by atoms with van der Waals surface area (Å²) < 4.78 is 4.80. The molecule has 0 aromatic heterocycles. The van der Waals surface area contributed by atoms with Crippen LogP contribution in [0.3, 0.4) is 0 Å². The minimum atomic E-state index is -0.203. The van der Waals surface area contributed by atoms with Gasteiger partial charge in [0.25, 0.3) is 0 Å². The van der Waals surface area contributed by atoms with Gasteiger partial charge in [-0.15, -0.1) is 0 Å². The summed E-state index contributed by atoms with van der Waals surface area (Å²) in [6.45, 7) is 4.12. The van der Waals surface area contributed by atoms with Crippen molar-refractivity contribution in [3.05, 3.63) is 35.6 Å². The van der Waals surface area contributed by atoms with Gasteiger partial charge in [0.1, 0.15) is 6.61 Å². The number of hydrogen-bond acceptors (Lipinski definition) is 3. The maximum atomic E-state index is 11.6. The molecular weight excluding hydrogens is 190 g/mol. The molecule has 2 N–H and O–H groups in total. The highest BCUT2D eigenvalue weighted by Gasteiger charge is 2.19. The quantitative estimate of drug-likeness (QED) is 0.764. The van der Waals surface area contributed by atoms with Crippen molar-refractivity contribution in [3.8, 4) is 0 Å². The van der Waals surface area contributed by atoms with Crippen LogP contribution in [0.4, 0.5) is 0 Å². The molecule has 0 unspecified atom stereocenters. The van der Waals surface area contributed by atoms with Crippen molar-refractivity contribution in [1.82, 2.24) is 0 Å². The third-order valence-electron chi connectivity index (χ3n) is 2.46. The molecule has 0 spiro atoms. The lowest BCUT2D eigenvalue weighted by atomic mass is 9.89. The van der Waals surface area contributed by atoms with Crippen molar-refractivity contribution >= 4 is 5.78 Å². The Hall–Kier alpha value is -1.35. The Morgan fingerprint density at radius 2 is 2.13 bits per heavy atom. The third kappa shape index (κ3) is 2.80. The first kappa shape index (κ1) is 11.7. The van der Waals surface area contributed by atoms with Gasteiger partial charge < -0.3 is 10.5 Å². The minimum Gasteiger partial charge on any atom is -0.401 e. The number of Topliss-reactive ketones (excluding diaryl/α,β-unsaturated/α-hetero) is 1. The number of rotatable bonds is 3. The Bertz CT molecular complexity index is 349. The SMILES string of the molecule is COCC(=O)C1=CC=C(N)C(C)(C)C=C1. The summed E-state index contributed by atoms with van der Waals surface area (Å²) in [7, 11) is 1.51. The van der Waals surface area contributed by atoms with Gasteiger partial charge in [0.05, 0.1) is 0 Å². The van der Waals surface area contributed by atoms with E-state index < -0.39 is 0 Å². The highest BCUT2D eigenvalue weighted by atomic mass is 16.5. The summed E-state index contributed by atoms with van der Waals surface area (Å²) >= 11 is 0. The zero-order chi connectivity index (χ0) is 11.5. The van der Waals surface area contributed by atoms with Gasteiger partial charge in [-0.05, 0) is 12.2 Å². The average molecular weight is 207 g/mol. The van der Waals surface area contributed by atoms with E-state index in [1.165, 1.54) is 7.11 Å². The lowest BCUT2D eigenvalue weighted by molar-refractivity contribution is -0.118. The van der Waals surface area contributed by atoms with Crippen LogP contribution < -0.4 is 5.73 Å². The van der Waals surface area contributed by atoms with Crippen molar-refractivity contribution in [2.24, 2.45) is 11.1 Å². The standard InChI is InChI=1S/C12H17NO2/c1-12(2)7-6-9(4-5-11(12)13)10(14)8-15-3/h4-7H,8,13H2,1-3H3. The fraction of sp³-hybridized carbons (Fsp3) is 0.417. The molecule has 0 bridgehead atoms. The zero-order valence-corrected chi connectivity index (χ0v) is 9.41. The predicted molar refractivity (Wildman–Crippen MR) is 60.2 cm³/mol. The fourth-order valence-corrected chi connectivity index (χ4v) is 1.24. The van der Waals surface area contributed by atoms with Gasteiger partial charge in [0.15, 0.2) is 5.78 Å². The molecule has 15 heavy (non-hydrogen) atoms. The molecule has 1 rings (SSSR count). The van der Waals surface area contributed by atoms with Crippen LogP contribution >= 0.6 is 0 Å². The number of hydrogen-bond donors (Lipinski definition) is 1. The van der Waals surface area contributed by atoms with E-state index in [1.807, 2.05) is 19.9 Å². The van der Waals surface area contributed by atoms with E-state index in [9.17, 15) is 4.79 Å². The molecule has 0 radical (unpaired) electrons.